The first kappa shape index (κ1) is 12.0. The lowest BCUT2D eigenvalue weighted by atomic mass is 10.3. The van der Waals surface area contributed by atoms with Gasteiger partial charge in [0.05, 0.1) is 12.4 Å². The third kappa shape index (κ3) is 3.01. The molecular formula is C10H13N7O. The number of anilines is 1. The number of amides is 1. The van der Waals surface area contributed by atoms with Crippen molar-refractivity contribution in [3.05, 3.63) is 36.3 Å². The molecule has 0 saturated heterocycles. The number of hydrogen-bond donors (Lipinski definition) is 4. The van der Waals surface area contributed by atoms with E-state index in [2.05, 4.69) is 30.7 Å². The summed E-state index contributed by atoms with van der Waals surface area (Å²) in [5, 5.41) is 2.72. The van der Waals surface area contributed by atoms with Crippen LogP contribution in [-0.2, 0) is 6.42 Å². The highest BCUT2D eigenvalue weighted by Gasteiger charge is 2.08. The summed E-state index contributed by atoms with van der Waals surface area (Å²) in [6, 6.07) is 0. The second-order valence-electron chi connectivity index (χ2n) is 3.48. The number of rotatable bonds is 5. The van der Waals surface area contributed by atoms with Gasteiger partial charge in [0.25, 0.3) is 5.91 Å². The minimum absolute atomic E-state index is 0.213. The molecule has 18 heavy (non-hydrogen) atoms. The van der Waals surface area contributed by atoms with Gasteiger partial charge in [-0.2, -0.15) is 0 Å². The molecule has 0 aliphatic carbocycles. The van der Waals surface area contributed by atoms with E-state index in [4.69, 9.17) is 5.84 Å². The van der Waals surface area contributed by atoms with Crippen LogP contribution in [0.1, 0.15) is 16.3 Å². The Balaban J connectivity index is 1.87. The predicted molar refractivity (Wildman–Crippen MR) is 64.5 cm³/mol. The minimum atomic E-state index is -0.300. The fraction of sp³-hybridized carbons (Fsp3) is 0.200. The van der Waals surface area contributed by atoms with Gasteiger partial charge in [0.1, 0.15) is 11.5 Å². The Morgan fingerprint density at radius 1 is 1.44 bits per heavy atom. The van der Waals surface area contributed by atoms with Crippen molar-refractivity contribution in [1.29, 1.82) is 0 Å². The maximum Gasteiger partial charge on any atom is 0.271 e. The number of aromatic amines is 1. The van der Waals surface area contributed by atoms with Crippen LogP contribution >= 0.6 is 0 Å². The van der Waals surface area contributed by atoms with E-state index in [1.54, 1.807) is 12.4 Å². The fourth-order valence-corrected chi connectivity index (χ4v) is 1.36. The van der Waals surface area contributed by atoms with Crippen molar-refractivity contribution in [1.82, 2.24) is 25.3 Å². The molecule has 0 atom stereocenters. The van der Waals surface area contributed by atoms with E-state index in [0.717, 1.165) is 5.82 Å². The summed E-state index contributed by atoms with van der Waals surface area (Å²) in [6.45, 7) is 0.467. The Morgan fingerprint density at radius 3 is 3.06 bits per heavy atom. The summed E-state index contributed by atoms with van der Waals surface area (Å²) in [5.74, 6) is 6.05. The normalized spacial score (nSPS) is 10.1. The van der Waals surface area contributed by atoms with Gasteiger partial charge < -0.3 is 15.7 Å². The summed E-state index contributed by atoms with van der Waals surface area (Å²) in [5.41, 5.74) is 2.54. The maximum atomic E-state index is 11.7. The minimum Gasteiger partial charge on any atom is -0.350 e. The molecule has 0 spiro atoms. The molecule has 8 heteroatoms. The van der Waals surface area contributed by atoms with E-state index in [1.165, 1.54) is 12.4 Å². The zero-order valence-corrected chi connectivity index (χ0v) is 9.55. The molecule has 0 aromatic carbocycles. The van der Waals surface area contributed by atoms with Gasteiger partial charge in [0.2, 0.25) is 0 Å². The van der Waals surface area contributed by atoms with Crippen molar-refractivity contribution in [2.45, 2.75) is 6.42 Å². The molecule has 0 bridgehead atoms. The average molecular weight is 247 g/mol. The quantitative estimate of drug-likeness (QED) is 0.416. The van der Waals surface area contributed by atoms with E-state index in [9.17, 15) is 4.79 Å². The van der Waals surface area contributed by atoms with Gasteiger partial charge in [0, 0.05) is 25.4 Å². The third-order valence-corrected chi connectivity index (χ3v) is 2.22. The number of nitrogen functional groups attached to an aromatic ring is 1. The first-order chi connectivity index (χ1) is 8.79. The van der Waals surface area contributed by atoms with E-state index in [-0.39, 0.29) is 11.6 Å². The van der Waals surface area contributed by atoms with E-state index in [0.29, 0.717) is 18.8 Å². The summed E-state index contributed by atoms with van der Waals surface area (Å²) in [7, 11) is 0. The molecule has 2 rings (SSSR count). The number of carbonyl (C=O) groups is 1. The lowest BCUT2D eigenvalue weighted by Gasteiger charge is -2.04. The first-order valence-electron chi connectivity index (χ1n) is 5.34. The molecular weight excluding hydrogens is 234 g/mol. The first-order valence-corrected chi connectivity index (χ1v) is 5.34. The molecule has 2 aromatic heterocycles. The van der Waals surface area contributed by atoms with Gasteiger partial charge in [-0.15, -0.1) is 0 Å². The van der Waals surface area contributed by atoms with Crippen molar-refractivity contribution in [2.24, 2.45) is 5.84 Å². The van der Waals surface area contributed by atoms with Crippen LogP contribution in [0.2, 0.25) is 0 Å². The van der Waals surface area contributed by atoms with Crippen molar-refractivity contribution in [3.63, 3.8) is 0 Å². The second kappa shape index (κ2) is 5.73. The predicted octanol–water partition coefficient (Wildman–Crippen LogP) is -0.542. The number of nitrogens with one attached hydrogen (secondary N) is 3. The topological polar surface area (TPSA) is 122 Å². The molecule has 0 aliphatic rings. The van der Waals surface area contributed by atoms with Crippen LogP contribution in [0.25, 0.3) is 0 Å². The van der Waals surface area contributed by atoms with Crippen molar-refractivity contribution in [2.75, 3.05) is 12.0 Å². The van der Waals surface area contributed by atoms with Gasteiger partial charge in [-0.05, 0) is 0 Å². The zero-order chi connectivity index (χ0) is 12.8. The number of nitrogens with two attached hydrogens (primary N) is 1. The van der Waals surface area contributed by atoms with Gasteiger partial charge >= 0.3 is 0 Å². The molecule has 2 heterocycles. The van der Waals surface area contributed by atoms with Gasteiger partial charge in [0.15, 0.2) is 5.82 Å². The number of hydrazine groups is 1. The molecule has 0 fully saturated rings. The van der Waals surface area contributed by atoms with Crippen molar-refractivity contribution in [3.8, 4) is 0 Å². The number of H-pyrrole nitrogens is 1. The Kier molecular flexibility index (Phi) is 3.82. The Hall–Kier alpha value is -2.48. The summed E-state index contributed by atoms with van der Waals surface area (Å²) >= 11 is 0. The van der Waals surface area contributed by atoms with Crippen LogP contribution in [0.3, 0.4) is 0 Å². The molecule has 0 unspecified atom stereocenters. The maximum absolute atomic E-state index is 11.7. The Labute approximate surface area is 103 Å². The van der Waals surface area contributed by atoms with Crippen LogP contribution in [0.5, 0.6) is 0 Å². The smallest absolute Gasteiger partial charge is 0.271 e. The molecule has 2 aromatic rings. The average Bonchev–Trinajstić information content (AvgIpc) is 2.92. The zero-order valence-electron chi connectivity index (χ0n) is 9.55. The van der Waals surface area contributed by atoms with Crippen LogP contribution in [0.4, 0.5) is 5.82 Å². The van der Waals surface area contributed by atoms with Crippen LogP contribution < -0.4 is 16.6 Å². The number of carbonyl (C=O) groups excluding carboxylic acids is 1. The fourth-order valence-electron chi connectivity index (χ4n) is 1.36. The molecule has 8 nitrogen and oxygen atoms in total. The Bertz CT molecular complexity index is 511. The highest BCUT2D eigenvalue weighted by molar-refractivity contribution is 5.92. The van der Waals surface area contributed by atoms with Crippen LogP contribution in [0, 0.1) is 0 Å². The second-order valence-corrected chi connectivity index (χ2v) is 3.48. The molecule has 0 aliphatic heterocycles. The molecule has 5 N–H and O–H groups in total. The van der Waals surface area contributed by atoms with Gasteiger partial charge in [-0.25, -0.2) is 15.8 Å². The molecule has 94 valence electrons. The number of imidazole rings is 1. The van der Waals surface area contributed by atoms with Gasteiger partial charge in [-0.3, -0.25) is 9.78 Å². The molecule has 1 amide bonds. The van der Waals surface area contributed by atoms with Gasteiger partial charge in [-0.1, -0.05) is 0 Å². The van der Waals surface area contributed by atoms with E-state index >= 15 is 0 Å². The van der Waals surface area contributed by atoms with Crippen molar-refractivity contribution >= 4 is 11.7 Å². The summed E-state index contributed by atoms with van der Waals surface area (Å²) < 4.78 is 0. The lowest BCUT2D eigenvalue weighted by molar-refractivity contribution is 0.0948. The SMILES string of the molecule is NNc1cncc(C(=O)NCCc2ncc[nH]2)n1. The van der Waals surface area contributed by atoms with E-state index < -0.39 is 0 Å². The monoisotopic (exact) mass is 247 g/mol. The van der Waals surface area contributed by atoms with Crippen molar-refractivity contribution < 1.29 is 4.79 Å². The number of hydrogen-bond acceptors (Lipinski definition) is 6. The largest absolute Gasteiger partial charge is 0.350 e. The molecule has 0 saturated carbocycles. The number of aromatic nitrogens is 4. The summed E-state index contributed by atoms with van der Waals surface area (Å²) in [6.07, 6.45) is 6.84. The standard InChI is InChI=1S/C10H13N7O/c11-17-9-6-12-5-7(16-9)10(18)15-2-1-8-13-3-4-14-8/h3-6H,1-2,11H2,(H,13,14)(H,15,18)(H,16,17). The summed E-state index contributed by atoms with van der Waals surface area (Å²) in [4.78, 5) is 26.6. The number of nitrogens with zero attached hydrogens (tertiary/aromatic N) is 3. The Morgan fingerprint density at radius 2 is 2.33 bits per heavy atom. The highest BCUT2D eigenvalue weighted by Crippen LogP contribution is 1.99. The van der Waals surface area contributed by atoms with Crippen LogP contribution in [-0.4, -0.2) is 32.4 Å². The third-order valence-electron chi connectivity index (χ3n) is 2.22. The highest BCUT2D eigenvalue weighted by atomic mass is 16.1. The van der Waals surface area contributed by atoms with Crippen LogP contribution in [0.15, 0.2) is 24.8 Å². The lowest BCUT2D eigenvalue weighted by Crippen LogP contribution is -2.27. The molecule has 0 radical (unpaired) electrons. The van der Waals surface area contributed by atoms with E-state index in [1.807, 2.05) is 0 Å².